The van der Waals surface area contributed by atoms with E-state index in [-0.39, 0.29) is 23.3 Å². The molecule has 1 aliphatic rings. The number of nitrogens with two attached hydrogens (primary N) is 1. The number of amides is 2. The highest BCUT2D eigenvalue weighted by molar-refractivity contribution is 6.34. The first kappa shape index (κ1) is 20.3. The second-order valence-corrected chi connectivity index (χ2v) is 7.59. The van der Waals surface area contributed by atoms with Crippen LogP contribution in [0, 0.1) is 5.82 Å². The molecule has 156 valence electrons. The van der Waals surface area contributed by atoms with Gasteiger partial charge in [-0.25, -0.2) is 8.91 Å². The number of carbonyl (C=O) groups is 2. The number of hydrogen-bond donors (Lipinski definition) is 1. The largest absolute Gasteiger partial charge is 0.381 e. The van der Waals surface area contributed by atoms with Gasteiger partial charge in [-0.2, -0.15) is 5.10 Å². The van der Waals surface area contributed by atoms with E-state index in [0.717, 1.165) is 0 Å². The molecule has 2 amide bonds. The van der Waals surface area contributed by atoms with Crippen molar-refractivity contribution in [3.05, 3.63) is 58.5 Å². The number of primary amides is 1. The highest BCUT2D eigenvalue weighted by Crippen LogP contribution is 2.26. The molecule has 1 fully saturated rings. The number of fused-ring (bicyclic) bond motifs is 1. The molecule has 4 rings (SSSR count). The Balaban J connectivity index is 1.69. The molecule has 0 aliphatic carbocycles. The van der Waals surface area contributed by atoms with Crippen LogP contribution in [0.5, 0.6) is 0 Å². The third-order valence-corrected chi connectivity index (χ3v) is 5.68. The number of nitrogens with zero attached hydrogens (tertiary/aromatic N) is 3. The van der Waals surface area contributed by atoms with Crippen molar-refractivity contribution in [2.45, 2.75) is 18.9 Å². The van der Waals surface area contributed by atoms with Crippen LogP contribution in [0.15, 0.2) is 36.4 Å². The van der Waals surface area contributed by atoms with E-state index in [1.165, 1.54) is 28.8 Å². The molecule has 0 bridgehead atoms. The summed E-state index contributed by atoms with van der Waals surface area (Å²) >= 11 is 6.14. The summed E-state index contributed by atoms with van der Waals surface area (Å²) < 4.78 is 21.2. The first-order valence-electron chi connectivity index (χ1n) is 9.49. The first-order chi connectivity index (χ1) is 14.4. The smallest absolute Gasteiger partial charge is 0.267 e. The minimum atomic E-state index is -0.670. The minimum absolute atomic E-state index is 0.0223. The maximum atomic E-state index is 14.5. The van der Waals surface area contributed by atoms with E-state index < -0.39 is 11.7 Å². The van der Waals surface area contributed by atoms with Crippen molar-refractivity contribution < 1.29 is 18.7 Å². The summed E-state index contributed by atoms with van der Waals surface area (Å²) in [4.78, 5) is 26.2. The summed E-state index contributed by atoms with van der Waals surface area (Å²) in [6.45, 7) is 1.02. The number of aromatic nitrogens is 2. The van der Waals surface area contributed by atoms with Crippen molar-refractivity contribution in [1.82, 2.24) is 14.5 Å². The second-order valence-electron chi connectivity index (χ2n) is 7.18. The van der Waals surface area contributed by atoms with E-state index >= 15 is 0 Å². The number of benzene rings is 1. The zero-order valence-corrected chi connectivity index (χ0v) is 17.0. The third-order valence-electron chi connectivity index (χ3n) is 5.38. The Morgan fingerprint density at radius 3 is 2.60 bits per heavy atom. The van der Waals surface area contributed by atoms with Crippen LogP contribution in [0.25, 0.3) is 16.8 Å². The Bertz CT molecular complexity index is 1140. The van der Waals surface area contributed by atoms with Crippen LogP contribution in [0.3, 0.4) is 0 Å². The molecule has 1 aliphatic heterocycles. The number of piperidine rings is 1. The van der Waals surface area contributed by atoms with Gasteiger partial charge in [0.1, 0.15) is 11.5 Å². The predicted molar refractivity (Wildman–Crippen MR) is 110 cm³/mol. The van der Waals surface area contributed by atoms with Gasteiger partial charge in [-0.3, -0.25) is 9.59 Å². The maximum absolute atomic E-state index is 14.5. The van der Waals surface area contributed by atoms with Gasteiger partial charge in [0.2, 0.25) is 0 Å². The standard InChI is InChI=1S/C21H20ClFN4O3/c1-30-13-6-8-26(9-7-13)21(29)14-10-12(2-3-16(14)23)17-4-5-18-15(22)11-19(20(24)28)27(18)25-17/h2-5,10-11,13H,6-9H2,1H3,(H2,24,28). The fraction of sp³-hybridized carbons (Fsp3) is 0.286. The normalized spacial score (nSPS) is 15.0. The van der Waals surface area contributed by atoms with Crippen molar-refractivity contribution in [2.24, 2.45) is 5.73 Å². The minimum Gasteiger partial charge on any atom is -0.381 e. The lowest BCUT2D eigenvalue weighted by atomic mass is 10.0. The molecule has 1 aromatic carbocycles. The second kappa shape index (κ2) is 8.04. The fourth-order valence-corrected chi connectivity index (χ4v) is 3.93. The highest BCUT2D eigenvalue weighted by atomic mass is 35.5. The van der Waals surface area contributed by atoms with Crippen molar-refractivity contribution in [2.75, 3.05) is 20.2 Å². The Morgan fingerprint density at radius 2 is 1.93 bits per heavy atom. The Morgan fingerprint density at radius 1 is 1.20 bits per heavy atom. The fourth-order valence-electron chi connectivity index (χ4n) is 3.69. The quantitative estimate of drug-likeness (QED) is 0.688. The van der Waals surface area contributed by atoms with Gasteiger partial charge in [0.05, 0.1) is 27.9 Å². The van der Waals surface area contributed by atoms with Gasteiger partial charge < -0.3 is 15.4 Å². The van der Waals surface area contributed by atoms with Crippen molar-refractivity contribution in [1.29, 1.82) is 0 Å². The number of halogens is 2. The SMILES string of the molecule is COC1CCN(C(=O)c2cc(-c3ccc4c(Cl)cc(C(N)=O)n4n3)ccc2F)CC1. The zero-order valence-electron chi connectivity index (χ0n) is 16.3. The third kappa shape index (κ3) is 3.64. The topological polar surface area (TPSA) is 89.9 Å². The molecule has 3 aromatic rings. The van der Waals surface area contributed by atoms with Crippen molar-refractivity contribution in [3.8, 4) is 11.3 Å². The van der Waals surface area contributed by atoms with Crippen molar-refractivity contribution in [3.63, 3.8) is 0 Å². The maximum Gasteiger partial charge on any atom is 0.267 e. The molecule has 30 heavy (non-hydrogen) atoms. The summed E-state index contributed by atoms with van der Waals surface area (Å²) in [7, 11) is 1.65. The van der Waals surface area contributed by atoms with E-state index in [9.17, 15) is 14.0 Å². The number of ether oxygens (including phenoxy) is 1. The lowest BCUT2D eigenvalue weighted by Crippen LogP contribution is -2.40. The van der Waals surface area contributed by atoms with Crippen LogP contribution in [-0.4, -0.2) is 52.6 Å². The van der Waals surface area contributed by atoms with Crippen LogP contribution >= 0.6 is 11.6 Å². The number of likely N-dealkylation sites (tertiary alicyclic amines) is 1. The highest BCUT2D eigenvalue weighted by Gasteiger charge is 2.25. The first-order valence-corrected chi connectivity index (χ1v) is 9.87. The van der Waals surface area contributed by atoms with E-state index in [0.29, 0.717) is 47.7 Å². The summed E-state index contributed by atoms with van der Waals surface area (Å²) in [5.74, 6) is -1.64. The molecule has 7 nitrogen and oxygen atoms in total. The Kier molecular flexibility index (Phi) is 5.44. The van der Waals surface area contributed by atoms with Crippen LogP contribution in [0.2, 0.25) is 5.02 Å². The molecule has 0 saturated carbocycles. The summed E-state index contributed by atoms with van der Waals surface area (Å²) in [6.07, 6.45) is 1.55. The molecule has 0 unspecified atom stereocenters. The van der Waals surface area contributed by atoms with E-state index in [2.05, 4.69) is 5.10 Å². The lowest BCUT2D eigenvalue weighted by Gasteiger charge is -2.31. The van der Waals surface area contributed by atoms with Gasteiger partial charge in [-0.15, -0.1) is 0 Å². The summed E-state index contributed by atoms with van der Waals surface area (Å²) in [5.41, 5.74) is 7.02. The van der Waals surface area contributed by atoms with Gasteiger partial charge in [-0.05, 0) is 49.2 Å². The number of carbonyl (C=O) groups excluding carboxylic acids is 2. The lowest BCUT2D eigenvalue weighted by molar-refractivity contribution is 0.0348. The van der Waals surface area contributed by atoms with Gasteiger partial charge in [0, 0.05) is 25.8 Å². The summed E-state index contributed by atoms with van der Waals surface area (Å²) in [5, 5.41) is 4.76. The molecular formula is C21H20ClFN4O3. The van der Waals surface area contributed by atoms with Gasteiger partial charge >= 0.3 is 0 Å². The van der Waals surface area contributed by atoms with Crippen LogP contribution in [-0.2, 0) is 4.74 Å². The molecule has 0 spiro atoms. The van der Waals surface area contributed by atoms with Crippen LogP contribution in [0.1, 0.15) is 33.7 Å². The van der Waals surface area contributed by atoms with Gasteiger partial charge in [-0.1, -0.05) is 11.6 Å². The van der Waals surface area contributed by atoms with Crippen LogP contribution < -0.4 is 5.73 Å². The molecule has 9 heteroatoms. The molecule has 2 N–H and O–H groups in total. The van der Waals surface area contributed by atoms with E-state index in [1.54, 1.807) is 24.1 Å². The molecule has 2 aromatic heterocycles. The van der Waals surface area contributed by atoms with E-state index in [1.807, 2.05) is 0 Å². The van der Waals surface area contributed by atoms with Gasteiger partial charge in [0.15, 0.2) is 0 Å². The predicted octanol–water partition coefficient (Wildman–Crippen LogP) is 3.14. The van der Waals surface area contributed by atoms with Crippen LogP contribution in [0.4, 0.5) is 4.39 Å². The number of methoxy groups -OCH3 is 1. The van der Waals surface area contributed by atoms with Gasteiger partial charge in [0.25, 0.3) is 11.8 Å². The molecule has 0 radical (unpaired) electrons. The summed E-state index contributed by atoms with van der Waals surface area (Å²) in [6, 6.07) is 9.08. The molecule has 0 atom stereocenters. The molecular weight excluding hydrogens is 411 g/mol. The Labute approximate surface area is 177 Å². The number of hydrogen-bond acceptors (Lipinski definition) is 4. The average Bonchev–Trinajstić information content (AvgIpc) is 3.10. The number of rotatable bonds is 4. The average molecular weight is 431 g/mol. The van der Waals surface area contributed by atoms with Crippen molar-refractivity contribution >= 4 is 28.9 Å². The zero-order chi connectivity index (χ0) is 21.4. The monoisotopic (exact) mass is 430 g/mol. The Hall–Kier alpha value is -2.97. The van der Waals surface area contributed by atoms with E-state index in [4.69, 9.17) is 22.1 Å². The molecule has 3 heterocycles. The molecule has 1 saturated heterocycles.